The van der Waals surface area contributed by atoms with Crippen molar-refractivity contribution in [2.24, 2.45) is 0 Å². The van der Waals surface area contributed by atoms with Crippen LogP contribution in [0.3, 0.4) is 0 Å². The van der Waals surface area contributed by atoms with Crippen molar-refractivity contribution in [2.45, 2.75) is 13.3 Å². The lowest BCUT2D eigenvalue weighted by Gasteiger charge is -2.20. The second kappa shape index (κ2) is 8.41. The fourth-order valence-electron chi connectivity index (χ4n) is 3.08. The van der Waals surface area contributed by atoms with Crippen LogP contribution in [0.5, 0.6) is 5.75 Å². The van der Waals surface area contributed by atoms with Gasteiger partial charge in [-0.1, -0.05) is 35.6 Å². The maximum Gasteiger partial charge on any atom is 0.237 e. The molecule has 0 saturated heterocycles. The van der Waals surface area contributed by atoms with Crippen LogP contribution in [0.4, 0.5) is 15.2 Å². The predicted octanol–water partition coefficient (Wildman–Crippen LogP) is 5.74. The Morgan fingerprint density at radius 1 is 1.07 bits per heavy atom. The normalized spacial score (nSPS) is 10.8. The van der Waals surface area contributed by atoms with Gasteiger partial charge in [-0.15, -0.1) is 0 Å². The van der Waals surface area contributed by atoms with E-state index in [2.05, 4.69) is 4.98 Å². The Morgan fingerprint density at radius 3 is 2.59 bits per heavy atom. The minimum atomic E-state index is -0.358. The largest absolute Gasteiger partial charge is 0.494 e. The lowest BCUT2D eigenvalue weighted by molar-refractivity contribution is -0.117. The molecule has 4 nitrogen and oxygen atoms in total. The van der Waals surface area contributed by atoms with E-state index in [4.69, 9.17) is 4.74 Å². The van der Waals surface area contributed by atoms with Crippen LogP contribution in [-0.2, 0) is 11.2 Å². The molecule has 0 fully saturated rings. The van der Waals surface area contributed by atoms with E-state index in [9.17, 15) is 9.18 Å². The molecule has 0 radical (unpaired) electrons. The highest BCUT2D eigenvalue weighted by atomic mass is 32.1. The summed E-state index contributed by atoms with van der Waals surface area (Å²) in [6.45, 7) is 2.49. The number of carbonyl (C=O) groups excluding carboxylic acids is 1. The van der Waals surface area contributed by atoms with Crippen molar-refractivity contribution in [1.82, 2.24) is 4.98 Å². The molecular weight excluding hydrogens is 387 g/mol. The van der Waals surface area contributed by atoms with Crippen LogP contribution in [0, 0.1) is 5.82 Å². The number of thiazole rings is 1. The summed E-state index contributed by atoms with van der Waals surface area (Å²) >= 11 is 1.45. The van der Waals surface area contributed by atoms with Crippen LogP contribution in [0.2, 0.25) is 0 Å². The van der Waals surface area contributed by atoms with E-state index in [1.165, 1.54) is 23.5 Å². The van der Waals surface area contributed by atoms with Gasteiger partial charge in [0, 0.05) is 0 Å². The Hall–Kier alpha value is -3.25. The highest BCUT2D eigenvalue weighted by Crippen LogP contribution is 2.34. The van der Waals surface area contributed by atoms with Gasteiger partial charge in [0.2, 0.25) is 5.91 Å². The van der Waals surface area contributed by atoms with Crippen LogP contribution in [0.25, 0.3) is 10.2 Å². The molecule has 0 aliphatic rings. The molecule has 1 amide bonds. The third-order valence-corrected chi connectivity index (χ3v) is 5.40. The van der Waals surface area contributed by atoms with Crippen molar-refractivity contribution < 1.29 is 13.9 Å². The van der Waals surface area contributed by atoms with Crippen molar-refractivity contribution >= 4 is 38.3 Å². The predicted molar refractivity (Wildman–Crippen MR) is 114 cm³/mol. The number of nitrogens with zero attached hydrogens (tertiary/aromatic N) is 2. The third kappa shape index (κ3) is 4.27. The number of ether oxygens (including phenoxy) is 1. The summed E-state index contributed by atoms with van der Waals surface area (Å²) in [5, 5.41) is 0.580. The molecule has 0 unspecified atom stereocenters. The van der Waals surface area contributed by atoms with Crippen molar-refractivity contribution in [3.8, 4) is 5.75 Å². The molecule has 1 heterocycles. The molecule has 4 aromatic rings. The summed E-state index contributed by atoms with van der Waals surface area (Å²) in [7, 11) is 0. The molecule has 0 atom stereocenters. The Bertz CT molecular complexity index is 1110. The summed E-state index contributed by atoms with van der Waals surface area (Å²) in [6, 6.07) is 21.2. The molecule has 29 heavy (non-hydrogen) atoms. The zero-order valence-electron chi connectivity index (χ0n) is 15.8. The lowest BCUT2D eigenvalue weighted by Crippen LogP contribution is -2.27. The lowest BCUT2D eigenvalue weighted by atomic mass is 10.1. The first-order valence-electron chi connectivity index (χ1n) is 9.30. The van der Waals surface area contributed by atoms with Gasteiger partial charge in [-0.25, -0.2) is 9.37 Å². The Balaban J connectivity index is 1.72. The molecule has 0 N–H and O–H groups in total. The number of aromatic nitrogens is 1. The summed E-state index contributed by atoms with van der Waals surface area (Å²) in [4.78, 5) is 19.5. The van der Waals surface area contributed by atoms with E-state index in [0.717, 1.165) is 16.0 Å². The highest BCUT2D eigenvalue weighted by Gasteiger charge is 2.22. The van der Waals surface area contributed by atoms with Gasteiger partial charge in [0.25, 0.3) is 0 Å². The van der Waals surface area contributed by atoms with Gasteiger partial charge in [0.15, 0.2) is 5.13 Å². The van der Waals surface area contributed by atoms with E-state index < -0.39 is 0 Å². The van der Waals surface area contributed by atoms with Gasteiger partial charge in [0.05, 0.1) is 28.9 Å². The van der Waals surface area contributed by atoms with Crippen molar-refractivity contribution in [2.75, 3.05) is 11.5 Å². The van der Waals surface area contributed by atoms with E-state index in [1.807, 2.05) is 55.5 Å². The van der Waals surface area contributed by atoms with E-state index in [0.29, 0.717) is 23.0 Å². The molecule has 4 rings (SSSR count). The third-order valence-electron chi connectivity index (χ3n) is 4.37. The number of rotatable bonds is 6. The second-order valence-corrected chi connectivity index (χ2v) is 7.44. The summed E-state index contributed by atoms with van der Waals surface area (Å²) in [6.07, 6.45) is 0.0703. The van der Waals surface area contributed by atoms with Crippen LogP contribution in [0.15, 0.2) is 72.8 Å². The smallest absolute Gasteiger partial charge is 0.237 e. The number of carbonyl (C=O) groups is 1. The van der Waals surface area contributed by atoms with Crippen molar-refractivity contribution in [3.63, 3.8) is 0 Å². The van der Waals surface area contributed by atoms with Crippen LogP contribution >= 0.6 is 11.3 Å². The zero-order chi connectivity index (χ0) is 20.2. The highest BCUT2D eigenvalue weighted by molar-refractivity contribution is 7.22. The van der Waals surface area contributed by atoms with Crippen LogP contribution < -0.4 is 9.64 Å². The van der Waals surface area contributed by atoms with E-state index in [1.54, 1.807) is 17.0 Å². The monoisotopic (exact) mass is 406 g/mol. The molecule has 0 spiro atoms. The Labute approximate surface area is 172 Å². The average Bonchev–Trinajstić information content (AvgIpc) is 3.13. The molecule has 3 aromatic carbocycles. The van der Waals surface area contributed by atoms with Crippen molar-refractivity contribution in [3.05, 3.63) is 84.2 Å². The van der Waals surface area contributed by atoms with Gasteiger partial charge < -0.3 is 4.74 Å². The summed E-state index contributed by atoms with van der Waals surface area (Å²) < 4.78 is 20.1. The number of benzene rings is 3. The topological polar surface area (TPSA) is 42.4 Å². The number of fused-ring (bicyclic) bond motifs is 1. The standard InChI is InChI=1S/C23H19FN2O2S/c1-2-28-19-12-10-18(11-13-19)26(22(27)15-16-6-5-7-17(24)14-16)23-25-20-8-3-4-9-21(20)29-23/h3-14H,2,15H2,1H3. The average molecular weight is 406 g/mol. The number of hydrogen-bond acceptors (Lipinski definition) is 4. The SMILES string of the molecule is CCOc1ccc(N(C(=O)Cc2cccc(F)c2)c2nc3ccccc3s2)cc1. The zero-order valence-corrected chi connectivity index (χ0v) is 16.7. The number of para-hydroxylation sites is 1. The first-order chi connectivity index (χ1) is 14.1. The van der Waals surface area contributed by atoms with E-state index in [-0.39, 0.29) is 18.1 Å². The number of anilines is 2. The number of hydrogen-bond donors (Lipinski definition) is 0. The van der Waals surface area contributed by atoms with E-state index >= 15 is 0 Å². The second-order valence-electron chi connectivity index (χ2n) is 6.43. The summed E-state index contributed by atoms with van der Waals surface area (Å²) in [5.74, 6) is 0.194. The van der Waals surface area contributed by atoms with Gasteiger partial charge in [-0.05, 0) is 61.0 Å². The Kier molecular flexibility index (Phi) is 5.53. The minimum absolute atomic E-state index is 0.0703. The number of halogens is 1. The van der Waals surface area contributed by atoms with Gasteiger partial charge in [0.1, 0.15) is 11.6 Å². The number of amides is 1. The summed E-state index contributed by atoms with van der Waals surface area (Å²) in [5.41, 5.74) is 2.14. The molecule has 0 bridgehead atoms. The molecule has 0 aliphatic heterocycles. The fourth-order valence-corrected chi connectivity index (χ4v) is 4.08. The van der Waals surface area contributed by atoms with Gasteiger partial charge in [-0.2, -0.15) is 0 Å². The van der Waals surface area contributed by atoms with Gasteiger partial charge >= 0.3 is 0 Å². The molecule has 6 heteroatoms. The Morgan fingerprint density at radius 2 is 1.86 bits per heavy atom. The first-order valence-corrected chi connectivity index (χ1v) is 10.1. The molecule has 0 aliphatic carbocycles. The first kappa shape index (κ1) is 19.1. The fraction of sp³-hybridized carbons (Fsp3) is 0.130. The molecule has 1 aromatic heterocycles. The molecular formula is C23H19FN2O2S. The quantitative estimate of drug-likeness (QED) is 0.410. The van der Waals surface area contributed by atoms with Crippen molar-refractivity contribution in [1.29, 1.82) is 0 Å². The van der Waals surface area contributed by atoms with Gasteiger partial charge in [-0.3, -0.25) is 9.69 Å². The maximum atomic E-state index is 13.6. The molecule has 146 valence electrons. The maximum absolute atomic E-state index is 13.6. The van der Waals surface area contributed by atoms with Crippen LogP contribution in [0.1, 0.15) is 12.5 Å². The minimum Gasteiger partial charge on any atom is -0.494 e. The molecule has 0 saturated carbocycles. The van der Waals surface area contributed by atoms with Crippen LogP contribution in [-0.4, -0.2) is 17.5 Å².